The molecular weight excluding hydrogens is 443 g/mol. The molecule has 1 N–H and O–H groups in total. The number of hydrogen-bond donors (Lipinski definition) is 1. The van der Waals surface area contributed by atoms with Crippen molar-refractivity contribution in [2.24, 2.45) is 0 Å². The van der Waals surface area contributed by atoms with Crippen molar-refractivity contribution in [3.05, 3.63) is 24.3 Å². The quantitative estimate of drug-likeness (QED) is 0.625. The van der Waals surface area contributed by atoms with Gasteiger partial charge in [-0.05, 0) is 24.3 Å². The van der Waals surface area contributed by atoms with E-state index in [4.69, 9.17) is 0 Å². The number of nitrogens with one attached hydrogen (secondary N) is 1. The van der Waals surface area contributed by atoms with Crippen LogP contribution in [-0.2, 0) is 0 Å². The Hall–Kier alpha value is -3.20. The van der Waals surface area contributed by atoms with E-state index in [1.54, 1.807) is 0 Å². The molecule has 7 nitrogen and oxygen atoms in total. The Morgan fingerprint density at radius 3 is 1.57 bits per heavy atom. The molecule has 2 rings (SSSR count). The van der Waals surface area contributed by atoms with Crippen LogP contribution in [0.1, 0.15) is 0 Å². The van der Waals surface area contributed by atoms with Gasteiger partial charge < -0.3 is 19.5 Å². The van der Waals surface area contributed by atoms with Gasteiger partial charge in [0.15, 0.2) is 13.2 Å². The molecule has 0 aliphatic heterocycles. The van der Waals surface area contributed by atoms with E-state index in [0.29, 0.717) is 0 Å². The van der Waals surface area contributed by atoms with Crippen LogP contribution in [0, 0.1) is 0 Å². The average molecular weight is 452 g/mol. The maximum atomic E-state index is 12.3. The van der Waals surface area contributed by atoms with Gasteiger partial charge >= 0.3 is 30.7 Å². The minimum Gasteiger partial charge on any atom is -0.454 e. The average Bonchev–Trinajstić information content (AvgIpc) is 2.57. The summed E-state index contributed by atoms with van der Waals surface area (Å²) in [6, 6.07) is 1.88. The van der Waals surface area contributed by atoms with E-state index < -0.39 is 55.6 Å². The number of hydrogen-bond acceptors (Lipinski definition) is 7. The molecule has 0 saturated carbocycles. The van der Waals surface area contributed by atoms with Gasteiger partial charge in [0.25, 0.3) is 0 Å². The van der Waals surface area contributed by atoms with E-state index in [1.807, 2.05) is 0 Å². The number of aromatic nitrogens is 3. The molecule has 1 heterocycles. The zero-order valence-corrected chi connectivity index (χ0v) is 14.2. The molecular formula is C14H9F9N4O3. The second kappa shape index (κ2) is 8.66. The summed E-state index contributed by atoms with van der Waals surface area (Å²) in [5, 5.41) is 2.35. The molecule has 166 valence electrons. The monoisotopic (exact) mass is 452 g/mol. The summed E-state index contributed by atoms with van der Waals surface area (Å²) in [6.45, 7) is -3.70. The van der Waals surface area contributed by atoms with Gasteiger partial charge in [0.2, 0.25) is 5.95 Å². The lowest BCUT2D eigenvalue weighted by Crippen LogP contribution is -2.22. The molecule has 0 spiro atoms. The van der Waals surface area contributed by atoms with Crippen molar-refractivity contribution in [2.45, 2.75) is 18.7 Å². The van der Waals surface area contributed by atoms with Crippen LogP contribution in [-0.4, -0.2) is 46.9 Å². The summed E-state index contributed by atoms with van der Waals surface area (Å²) < 4.78 is 122. The summed E-state index contributed by atoms with van der Waals surface area (Å²) in [5.74, 6) is -1.17. The summed E-state index contributed by atoms with van der Waals surface area (Å²) in [5.41, 5.74) is 0.0132. The molecule has 0 bridgehead atoms. The second-order valence-electron chi connectivity index (χ2n) is 5.23. The van der Waals surface area contributed by atoms with Gasteiger partial charge in [-0.25, -0.2) is 0 Å². The molecule has 0 fully saturated rings. The maximum absolute atomic E-state index is 12.3. The highest BCUT2D eigenvalue weighted by molar-refractivity contribution is 5.54. The Kier molecular flexibility index (Phi) is 6.66. The molecule has 0 saturated heterocycles. The second-order valence-corrected chi connectivity index (χ2v) is 5.23. The number of halogens is 9. The molecule has 0 aliphatic rings. The lowest BCUT2D eigenvalue weighted by Gasteiger charge is -2.12. The smallest absolute Gasteiger partial charge is 0.454 e. The summed E-state index contributed by atoms with van der Waals surface area (Å²) in [4.78, 5) is 10.0. The fourth-order valence-corrected chi connectivity index (χ4v) is 1.68. The molecule has 0 atom stereocenters. The van der Waals surface area contributed by atoms with Gasteiger partial charge in [-0.3, -0.25) is 0 Å². The summed E-state index contributed by atoms with van der Waals surface area (Å²) >= 11 is 0. The first-order chi connectivity index (χ1) is 13.7. The maximum Gasteiger partial charge on any atom is 0.573 e. The van der Waals surface area contributed by atoms with Crippen LogP contribution < -0.4 is 19.5 Å². The van der Waals surface area contributed by atoms with Crippen LogP contribution in [0.2, 0.25) is 0 Å². The third kappa shape index (κ3) is 8.87. The largest absolute Gasteiger partial charge is 0.573 e. The van der Waals surface area contributed by atoms with Crippen molar-refractivity contribution in [3.63, 3.8) is 0 Å². The first-order valence-electron chi connectivity index (χ1n) is 7.46. The van der Waals surface area contributed by atoms with Crippen LogP contribution in [0.15, 0.2) is 24.3 Å². The van der Waals surface area contributed by atoms with Gasteiger partial charge in [-0.15, -0.1) is 18.2 Å². The molecule has 0 radical (unpaired) electrons. The summed E-state index contributed by atoms with van der Waals surface area (Å²) in [6.07, 6.45) is -14.5. The number of alkyl halides is 9. The van der Waals surface area contributed by atoms with Crippen LogP contribution in [0.3, 0.4) is 0 Å². The van der Waals surface area contributed by atoms with Gasteiger partial charge in [-0.1, -0.05) is 0 Å². The third-order valence-corrected chi connectivity index (χ3v) is 2.67. The molecule has 30 heavy (non-hydrogen) atoms. The first kappa shape index (κ1) is 23.1. The molecule has 1 aromatic carbocycles. The minimum atomic E-state index is -4.93. The lowest BCUT2D eigenvalue weighted by molar-refractivity contribution is -0.274. The highest BCUT2D eigenvalue weighted by Gasteiger charge is 2.32. The predicted molar refractivity (Wildman–Crippen MR) is 79.3 cm³/mol. The summed E-state index contributed by atoms with van der Waals surface area (Å²) in [7, 11) is 0. The lowest BCUT2D eigenvalue weighted by atomic mass is 10.3. The van der Waals surface area contributed by atoms with Gasteiger partial charge in [0.1, 0.15) is 5.75 Å². The standard InChI is InChI=1S/C14H9F9N4O3/c15-12(16,17)5-28-10-25-9(26-11(27-10)29-6-13(18,19)20)24-7-1-3-8(4-2-7)30-14(21,22)23/h1-4H,5-6H2,(H,24,25,26,27). The zero-order valence-electron chi connectivity index (χ0n) is 14.2. The molecule has 2 aromatic rings. The highest BCUT2D eigenvalue weighted by atomic mass is 19.4. The van der Waals surface area contributed by atoms with Gasteiger partial charge in [-0.2, -0.15) is 36.3 Å². The Bertz CT molecular complexity index is 802. The van der Waals surface area contributed by atoms with Crippen molar-refractivity contribution >= 4 is 11.6 Å². The number of nitrogens with zero attached hydrogens (tertiary/aromatic N) is 3. The van der Waals surface area contributed by atoms with Crippen LogP contribution >= 0.6 is 0 Å². The minimum absolute atomic E-state index is 0.0132. The first-order valence-corrected chi connectivity index (χ1v) is 7.46. The van der Waals surface area contributed by atoms with E-state index in [-0.39, 0.29) is 5.69 Å². The Morgan fingerprint density at radius 2 is 1.17 bits per heavy atom. The molecule has 0 aliphatic carbocycles. The van der Waals surface area contributed by atoms with Gasteiger partial charge in [0, 0.05) is 5.69 Å². The SMILES string of the molecule is FC(F)(F)COc1nc(Nc2ccc(OC(F)(F)F)cc2)nc(OCC(F)(F)F)n1. The normalized spacial score (nSPS) is 12.4. The van der Waals surface area contributed by atoms with E-state index in [1.165, 1.54) is 0 Å². The molecule has 16 heteroatoms. The predicted octanol–water partition coefficient (Wildman–Crippen LogP) is 4.40. The van der Waals surface area contributed by atoms with E-state index in [2.05, 4.69) is 34.5 Å². The van der Waals surface area contributed by atoms with Crippen LogP contribution in [0.4, 0.5) is 51.1 Å². The number of ether oxygens (including phenoxy) is 3. The van der Waals surface area contributed by atoms with Crippen molar-refractivity contribution in [1.29, 1.82) is 0 Å². The van der Waals surface area contributed by atoms with Crippen molar-refractivity contribution in [2.75, 3.05) is 18.5 Å². The topological polar surface area (TPSA) is 78.4 Å². The van der Waals surface area contributed by atoms with Crippen LogP contribution in [0.5, 0.6) is 17.8 Å². The third-order valence-electron chi connectivity index (χ3n) is 2.67. The Labute approximate surface area is 160 Å². The molecule has 0 unspecified atom stereocenters. The van der Waals surface area contributed by atoms with Crippen molar-refractivity contribution < 1.29 is 53.7 Å². The highest BCUT2D eigenvalue weighted by Crippen LogP contribution is 2.26. The van der Waals surface area contributed by atoms with Gasteiger partial charge in [0.05, 0.1) is 0 Å². The van der Waals surface area contributed by atoms with E-state index in [0.717, 1.165) is 24.3 Å². The molecule has 0 amide bonds. The van der Waals surface area contributed by atoms with E-state index in [9.17, 15) is 39.5 Å². The number of rotatable bonds is 7. The fraction of sp³-hybridized carbons (Fsp3) is 0.357. The number of anilines is 2. The van der Waals surface area contributed by atoms with Crippen molar-refractivity contribution in [3.8, 4) is 17.8 Å². The zero-order chi connectivity index (χ0) is 22.6. The van der Waals surface area contributed by atoms with E-state index >= 15 is 0 Å². The molecule has 1 aromatic heterocycles. The number of benzene rings is 1. The Balaban J connectivity index is 2.19. The Morgan fingerprint density at radius 1 is 0.700 bits per heavy atom. The fourth-order valence-electron chi connectivity index (χ4n) is 1.68. The van der Waals surface area contributed by atoms with Crippen LogP contribution in [0.25, 0.3) is 0 Å². The van der Waals surface area contributed by atoms with Crippen molar-refractivity contribution in [1.82, 2.24) is 15.0 Å².